The molecule has 0 radical (unpaired) electrons. The van der Waals surface area contributed by atoms with Gasteiger partial charge in [-0.15, -0.1) is 12.6 Å². The van der Waals surface area contributed by atoms with E-state index in [4.69, 9.17) is 0 Å². The second kappa shape index (κ2) is 5.29. The van der Waals surface area contributed by atoms with Crippen LogP contribution in [-0.2, 0) is 0 Å². The Hall–Kier alpha value is -0.640. The number of rotatable bonds is 4. The van der Waals surface area contributed by atoms with Crippen molar-refractivity contribution in [1.82, 2.24) is 4.90 Å². The number of hydrogen-bond donors (Lipinski definition) is 2. The van der Waals surface area contributed by atoms with E-state index in [9.17, 15) is 5.11 Å². The van der Waals surface area contributed by atoms with Crippen LogP contribution in [0.25, 0.3) is 0 Å². The predicted octanol–water partition coefficient (Wildman–Crippen LogP) is 2.57. The van der Waals surface area contributed by atoms with E-state index in [1.165, 1.54) is 12.8 Å². The summed E-state index contributed by atoms with van der Waals surface area (Å²) in [5.74, 6) is 0.0780. The Bertz CT molecular complexity index is 251. The lowest BCUT2D eigenvalue weighted by atomic mass is 10.2. The van der Waals surface area contributed by atoms with Gasteiger partial charge in [0.2, 0.25) is 5.90 Å². The molecule has 0 spiro atoms. The van der Waals surface area contributed by atoms with E-state index in [1.807, 2.05) is 6.92 Å². The molecule has 0 aliphatic carbocycles. The zero-order valence-electron chi connectivity index (χ0n) is 8.77. The molecule has 4 heteroatoms. The van der Waals surface area contributed by atoms with Gasteiger partial charge < -0.3 is 10.0 Å². The number of aliphatic hydroxyl groups is 1. The first-order chi connectivity index (χ1) is 6.65. The summed E-state index contributed by atoms with van der Waals surface area (Å²) in [6.45, 7) is 5.11. The third-order valence-corrected chi connectivity index (χ3v) is 2.71. The van der Waals surface area contributed by atoms with Gasteiger partial charge >= 0.3 is 0 Å². The minimum absolute atomic E-state index is 0.0780. The highest BCUT2D eigenvalue weighted by Gasteiger charge is 2.18. The number of aliphatic imine (C=N–C) groups is 1. The summed E-state index contributed by atoms with van der Waals surface area (Å²) in [6.07, 6.45) is 5.26. The SMILES string of the molecule is CCCCCN1C(C)=CC(O)=NC1S. The Morgan fingerprint density at radius 3 is 2.86 bits per heavy atom. The van der Waals surface area contributed by atoms with E-state index in [1.54, 1.807) is 6.08 Å². The lowest BCUT2D eigenvalue weighted by Gasteiger charge is -2.31. The van der Waals surface area contributed by atoms with Gasteiger partial charge in [-0.1, -0.05) is 19.8 Å². The second-order valence-corrected chi connectivity index (χ2v) is 3.98. The van der Waals surface area contributed by atoms with E-state index in [-0.39, 0.29) is 11.4 Å². The number of hydrogen-bond acceptors (Lipinski definition) is 3. The summed E-state index contributed by atoms with van der Waals surface area (Å²) < 4.78 is 0. The minimum Gasteiger partial charge on any atom is -0.493 e. The van der Waals surface area contributed by atoms with Gasteiger partial charge in [-0.2, -0.15) is 0 Å². The van der Waals surface area contributed by atoms with E-state index in [0.717, 1.165) is 18.7 Å². The van der Waals surface area contributed by atoms with Gasteiger partial charge in [-0.25, -0.2) is 4.99 Å². The van der Waals surface area contributed by atoms with E-state index < -0.39 is 0 Å². The molecule has 14 heavy (non-hydrogen) atoms. The Labute approximate surface area is 90.9 Å². The number of nitrogens with zero attached hydrogens (tertiary/aromatic N) is 2. The summed E-state index contributed by atoms with van der Waals surface area (Å²) in [6, 6.07) is 0. The molecule has 0 fully saturated rings. The molecule has 1 heterocycles. The van der Waals surface area contributed by atoms with Crippen molar-refractivity contribution in [2.45, 2.75) is 38.6 Å². The molecule has 1 unspecified atom stereocenters. The molecule has 3 nitrogen and oxygen atoms in total. The van der Waals surface area contributed by atoms with Gasteiger partial charge in [0, 0.05) is 18.3 Å². The highest BCUT2D eigenvalue weighted by atomic mass is 32.1. The average molecular weight is 214 g/mol. The van der Waals surface area contributed by atoms with E-state index >= 15 is 0 Å². The normalized spacial score (nSPS) is 21.9. The van der Waals surface area contributed by atoms with Gasteiger partial charge in [0.1, 0.15) is 0 Å². The van der Waals surface area contributed by atoms with Crippen LogP contribution in [0.5, 0.6) is 0 Å². The van der Waals surface area contributed by atoms with Crippen molar-refractivity contribution in [3.8, 4) is 0 Å². The van der Waals surface area contributed by atoms with Crippen LogP contribution in [0.15, 0.2) is 16.8 Å². The quantitative estimate of drug-likeness (QED) is 0.557. The van der Waals surface area contributed by atoms with E-state index in [0.29, 0.717) is 0 Å². The summed E-state index contributed by atoms with van der Waals surface area (Å²) in [5, 5.41) is 9.24. The van der Waals surface area contributed by atoms with Crippen molar-refractivity contribution in [1.29, 1.82) is 0 Å². The maximum absolute atomic E-state index is 9.24. The molecule has 0 saturated heterocycles. The number of unbranched alkanes of at least 4 members (excludes halogenated alkanes) is 2. The molecule has 0 aromatic carbocycles. The molecule has 0 aromatic rings. The van der Waals surface area contributed by atoms with Crippen LogP contribution in [0.1, 0.15) is 33.1 Å². The lowest BCUT2D eigenvalue weighted by Crippen LogP contribution is -2.33. The summed E-state index contributed by atoms with van der Waals surface area (Å²) in [5.41, 5.74) is 0.811. The van der Waals surface area contributed by atoms with Crippen molar-refractivity contribution < 1.29 is 5.11 Å². The fraction of sp³-hybridized carbons (Fsp3) is 0.700. The fourth-order valence-corrected chi connectivity index (χ4v) is 1.92. The Balaban J connectivity index is 2.49. The van der Waals surface area contributed by atoms with Crippen molar-refractivity contribution >= 4 is 18.5 Å². The van der Waals surface area contributed by atoms with Crippen LogP contribution in [0.2, 0.25) is 0 Å². The molecule has 0 amide bonds. The minimum atomic E-state index is -0.225. The number of aliphatic hydroxyl groups excluding tert-OH is 1. The Morgan fingerprint density at radius 1 is 1.57 bits per heavy atom. The molecule has 1 aliphatic heterocycles. The highest BCUT2D eigenvalue weighted by Crippen LogP contribution is 2.19. The second-order valence-electron chi connectivity index (χ2n) is 3.52. The molecular formula is C10H18N2OS. The molecule has 0 bridgehead atoms. The third-order valence-electron chi connectivity index (χ3n) is 2.32. The van der Waals surface area contributed by atoms with Gasteiger partial charge in [0.25, 0.3) is 0 Å². The maximum Gasteiger partial charge on any atom is 0.210 e. The summed E-state index contributed by atoms with van der Waals surface area (Å²) >= 11 is 4.31. The van der Waals surface area contributed by atoms with Gasteiger partial charge in [0.15, 0.2) is 5.50 Å². The van der Waals surface area contributed by atoms with Crippen LogP contribution in [0.3, 0.4) is 0 Å². The maximum atomic E-state index is 9.24. The topological polar surface area (TPSA) is 35.8 Å². The first-order valence-electron chi connectivity index (χ1n) is 5.05. The molecule has 1 aliphatic rings. The van der Waals surface area contributed by atoms with E-state index in [2.05, 4.69) is 29.4 Å². The van der Waals surface area contributed by atoms with Crippen molar-refractivity contribution in [2.24, 2.45) is 4.99 Å². The fourth-order valence-electron chi connectivity index (χ4n) is 1.50. The highest BCUT2D eigenvalue weighted by molar-refractivity contribution is 7.80. The van der Waals surface area contributed by atoms with Crippen LogP contribution in [0.4, 0.5) is 0 Å². The third kappa shape index (κ3) is 2.94. The molecule has 1 atom stereocenters. The largest absolute Gasteiger partial charge is 0.493 e. The Kier molecular flexibility index (Phi) is 4.32. The van der Waals surface area contributed by atoms with Crippen molar-refractivity contribution in [3.63, 3.8) is 0 Å². The average Bonchev–Trinajstić information content (AvgIpc) is 2.09. The standard InChI is InChI=1S/C10H18N2OS/c1-3-4-5-6-12-8(2)7-9(13)11-10(12)14/h7,10,14H,3-6H2,1-2H3,(H,11,13). The number of allylic oxidation sites excluding steroid dienone is 1. The lowest BCUT2D eigenvalue weighted by molar-refractivity contribution is 0.313. The van der Waals surface area contributed by atoms with Crippen LogP contribution in [0, 0.1) is 0 Å². The zero-order valence-corrected chi connectivity index (χ0v) is 9.67. The van der Waals surface area contributed by atoms with Gasteiger partial charge in [0.05, 0.1) is 0 Å². The summed E-state index contributed by atoms with van der Waals surface area (Å²) in [4.78, 5) is 6.07. The monoisotopic (exact) mass is 214 g/mol. The molecule has 0 saturated carbocycles. The molecule has 1 N–H and O–H groups in total. The van der Waals surface area contributed by atoms with Crippen LogP contribution in [-0.4, -0.2) is 27.9 Å². The van der Waals surface area contributed by atoms with Crippen molar-refractivity contribution in [3.05, 3.63) is 11.8 Å². The first-order valence-corrected chi connectivity index (χ1v) is 5.56. The van der Waals surface area contributed by atoms with Crippen molar-refractivity contribution in [2.75, 3.05) is 6.54 Å². The summed E-state index contributed by atoms with van der Waals surface area (Å²) in [7, 11) is 0. The number of thiol groups is 1. The zero-order chi connectivity index (χ0) is 10.6. The molecule has 80 valence electrons. The molecule has 0 aromatic heterocycles. The van der Waals surface area contributed by atoms with Gasteiger partial charge in [-0.05, 0) is 13.3 Å². The smallest absolute Gasteiger partial charge is 0.210 e. The molecular weight excluding hydrogens is 196 g/mol. The predicted molar refractivity (Wildman–Crippen MR) is 62.8 cm³/mol. The molecule has 1 rings (SSSR count). The first kappa shape index (κ1) is 11.4. The Morgan fingerprint density at radius 2 is 2.29 bits per heavy atom. The van der Waals surface area contributed by atoms with Crippen LogP contribution < -0.4 is 0 Å². The van der Waals surface area contributed by atoms with Gasteiger partial charge in [-0.3, -0.25) is 0 Å². The van der Waals surface area contributed by atoms with Crippen LogP contribution >= 0.6 is 12.6 Å².